The monoisotopic (exact) mass is 470 g/mol. The molecule has 33 heavy (non-hydrogen) atoms. The minimum atomic E-state index is -4.13. The zero-order chi connectivity index (χ0) is 24.0. The molecule has 0 saturated heterocycles. The van der Waals surface area contributed by atoms with E-state index >= 15 is 0 Å². The van der Waals surface area contributed by atoms with Crippen molar-refractivity contribution in [2.75, 3.05) is 37.5 Å². The van der Waals surface area contributed by atoms with Gasteiger partial charge in [-0.2, -0.15) is 0 Å². The number of benzene rings is 3. The molecule has 0 heterocycles. The van der Waals surface area contributed by atoms with Gasteiger partial charge in [-0.15, -0.1) is 0 Å². The Morgan fingerprint density at radius 2 is 1.55 bits per heavy atom. The van der Waals surface area contributed by atoms with Crippen LogP contribution in [-0.2, 0) is 14.8 Å². The maximum atomic E-state index is 13.6. The molecular weight excluding hydrogens is 444 g/mol. The molecule has 3 aromatic rings. The van der Waals surface area contributed by atoms with Crippen LogP contribution >= 0.6 is 0 Å². The zero-order valence-corrected chi connectivity index (χ0v) is 19.7. The van der Waals surface area contributed by atoms with Gasteiger partial charge in [-0.3, -0.25) is 9.10 Å². The van der Waals surface area contributed by atoms with Gasteiger partial charge in [0.05, 0.1) is 31.9 Å². The molecule has 1 amide bonds. The number of carbonyl (C=O) groups excluding carboxylic acids is 1. The summed E-state index contributed by atoms with van der Waals surface area (Å²) in [7, 11) is 0.270. The summed E-state index contributed by atoms with van der Waals surface area (Å²) in [5.41, 5.74) is 1.79. The highest BCUT2D eigenvalue weighted by atomic mass is 32.2. The summed E-state index contributed by atoms with van der Waals surface area (Å²) in [5, 5.41) is 2.78. The van der Waals surface area contributed by atoms with E-state index in [1.807, 2.05) is 19.1 Å². The number of amides is 1. The summed E-state index contributed by atoms with van der Waals surface area (Å²) in [5.74, 6) is 0.734. The number of ether oxygens (including phenoxy) is 3. The quantitative estimate of drug-likeness (QED) is 0.511. The lowest BCUT2D eigenvalue weighted by molar-refractivity contribution is -0.114. The number of hydrogen-bond acceptors (Lipinski definition) is 6. The second-order valence-corrected chi connectivity index (χ2v) is 8.95. The molecule has 0 aromatic heterocycles. The van der Waals surface area contributed by atoms with Crippen molar-refractivity contribution < 1.29 is 27.4 Å². The number of nitrogens with zero attached hydrogens (tertiary/aromatic N) is 1. The minimum Gasteiger partial charge on any atom is -0.497 e. The molecule has 9 heteroatoms. The van der Waals surface area contributed by atoms with Crippen LogP contribution in [0.5, 0.6) is 17.2 Å². The largest absolute Gasteiger partial charge is 0.497 e. The summed E-state index contributed by atoms with van der Waals surface area (Å²) in [6.07, 6.45) is 0. The molecule has 0 radical (unpaired) electrons. The van der Waals surface area contributed by atoms with Crippen molar-refractivity contribution in [3.05, 3.63) is 72.3 Å². The molecule has 0 aliphatic heterocycles. The summed E-state index contributed by atoms with van der Waals surface area (Å²) in [6.45, 7) is 1.43. The smallest absolute Gasteiger partial charge is 0.264 e. The van der Waals surface area contributed by atoms with E-state index in [0.717, 1.165) is 9.87 Å². The molecule has 0 unspecified atom stereocenters. The Balaban J connectivity index is 2.00. The highest BCUT2D eigenvalue weighted by Crippen LogP contribution is 2.32. The fourth-order valence-corrected chi connectivity index (χ4v) is 4.64. The third-order valence-corrected chi connectivity index (χ3v) is 6.78. The van der Waals surface area contributed by atoms with E-state index in [0.29, 0.717) is 22.9 Å². The van der Waals surface area contributed by atoms with Gasteiger partial charge in [-0.25, -0.2) is 8.42 Å². The number of anilines is 2. The Hall–Kier alpha value is -3.72. The number of para-hydroxylation sites is 1. The molecule has 0 bridgehead atoms. The highest BCUT2D eigenvalue weighted by molar-refractivity contribution is 7.92. The van der Waals surface area contributed by atoms with Gasteiger partial charge in [0.15, 0.2) is 11.5 Å². The number of sulfonamides is 1. The van der Waals surface area contributed by atoms with Gasteiger partial charge < -0.3 is 19.5 Å². The highest BCUT2D eigenvalue weighted by Gasteiger charge is 2.28. The Kier molecular flexibility index (Phi) is 7.44. The predicted octanol–water partition coefficient (Wildman–Crippen LogP) is 3.85. The molecule has 0 saturated carbocycles. The van der Waals surface area contributed by atoms with Crippen LogP contribution in [-0.4, -0.2) is 42.2 Å². The molecule has 174 valence electrons. The van der Waals surface area contributed by atoms with E-state index in [9.17, 15) is 13.2 Å². The van der Waals surface area contributed by atoms with Crippen molar-refractivity contribution in [1.82, 2.24) is 0 Å². The summed E-state index contributed by atoms with van der Waals surface area (Å²) >= 11 is 0. The summed E-state index contributed by atoms with van der Waals surface area (Å²) in [6, 6.07) is 18.0. The average molecular weight is 471 g/mol. The summed E-state index contributed by atoms with van der Waals surface area (Å²) in [4.78, 5) is 12.8. The Labute approximate surface area is 193 Å². The van der Waals surface area contributed by atoms with Crippen LogP contribution in [0.3, 0.4) is 0 Å². The molecule has 0 fully saturated rings. The van der Waals surface area contributed by atoms with E-state index in [1.165, 1.54) is 39.5 Å². The minimum absolute atomic E-state index is 0.0420. The third kappa shape index (κ3) is 5.38. The molecule has 8 nitrogen and oxygen atoms in total. The maximum Gasteiger partial charge on any atom is 0.264 e. The standard InChI is InChI=1S/C24H26N2O6S/c1-17-7-5-6-8-21(17)25-24(27)16-26(18-9-11-19(30-2)12-10-18)33(28,29)20-13-14-22(31-3)23(15-20)32-4/h5-15H,16H2,1-4H3,(H,25,27). The Bertz CT molecular complexity index is 1230. The molecule has 0 aliphatic rings. The van der Waals surface area contributed by atoms with Gasteiger partial charge >= 0.3 is 0 Å². The number of hydrogen-bond donors (Lipinski definition) is 1. The molecule has 3 rings (SSSR count). The molecule has 0 aliphatic carbocycles. The van der Waals surface area contributed by atoms with Crippen LogP contribution < -0.4 is 23.8 Å². The van der Waals surface area contributed by atoms with Crippen LogP contribution in [0, 0.1) is 6.92 Å². The molecule has 3 aromatic carbocycles. The van der Waals surface area contributed by atoms with Crippen molar-refractivity contribution in [1.29, 1.82) is 0 Å². The van der Waals surface area contributed by atoms with E-state index in [4.69, 9.17) is 14.2 Å². The van der Waals surface area contributed by atoms with Gasteiger partial charge in [0.1, 0.15) is 12.3 Å². The molecular formula is C24H26N2O6S. The van der Waals surface area contributed by atoms with Gasteiger partial charge in [0, 0.05) is 11.8 Å². The number of aryl methyl sites for hydroxylation is 1. The van der Waals surface area contributed by atoms with Crippen molar-refractivity contribution in [2.24, 2.45) is 0 Å². The lowest BCUT2D eigenvalue weighted by atomic mass is 10.2. The van der Waals surface area contributed by atoms with Crippen LogP contribution in [0.2, 0.25) is 0 Å². The normalized spacial score (nSPS) is 10.9. The van der Waals surface area contributed by atoms with E-state index in [-0.39, 0.29) is 10.6 Å². The zero-order valence-electron chi connectivity index (χ0n) is 18.9. The first-order chi connectivity index (χ1) is 15.8. The van der Waals surface area contributed by atoms with E-state index in [2.05, 4.69) is 5.32 Å². The van der Waals surface area contributed by atoms with E-state index in [1.54, 1.807) is 36.4 Å². The van der Waals surface area contributed by atoms with Crippen LogP contribution in [0.15, 0.2) is 71.6 Å². The average Bonchev–Trinajstić information content (AvgIpc) is 2.83. The molecule has 1 N–H and O–H groups in total. The maximum absolute atomic E-state index is 13.6. The predicted molar refractivity (Wildman–Crippen MR) is 127 cm³/mol. The van der Waals surface area contributed by atoms with Crippen LogP contribution in [0.4, 0.5) is 11.4 Å². The van der Waals surface area contributed by atoms with Crippen molar-refractivity contribution >= 4 is 27.3 Å². The van der Waals surface area contributed by atoms with Crippen LogP contribution in [0.25, 0.3) is 0 Å². The molecule has 0 atom stereocenters. The Morgan fingerprint density at radius 1 is 0.879 bits per heavy atom. The second-order valence-electron chi connectivity index (χ2n) is 7.09. The third-order valence-electron chi connectivity index (χ3n) is 5.01. The van der Waals surface area contributed by atoms with Gasteiger partial charge in [0.2, 0.25) is 5.91 Å². The number of methoxy groups -OCH3 is 3. The number of carbonyl (C=O) groups is 1. The van der Waals surface area contributed by atoms with Crippen LogP contribution in [0.1, 0.15) is 5.56 Å². The lowest BCUT2D eigenvalue weighted by Gasteiger charge is -2.25. The van der Waals surface area contributed by atoms with E-state index < -0.39 is 22.5 Å². The molecule has 0 spiro atoms. The second kappa shape index (κ2) is 10.3. The lowest BCUT2D eigenvalue weighted by Crippen LogP contribution is -2.38. The number of rotatable bonds is 9. The van der Waals surface area contributed by atoms with Crippen molar-refractivity contribution in [3.63, 3.8) is 0 Å². The van der Waals surface area contributed by atoms with Gasteiger partial charge in [-0.05, 0) is 55.0 Å². The topological polar surface area (TPSA) is 94.2 Å². The first kappa shape index (κ1) is 23.9. The first-order valence-corrected chi connectivity index (χ1v) is 11.5. The van der Waals surface area contributed by atoms with Gasteiger partial charge in [-0.1, -0.05) is 18.2 Å². The first-order valence-electron chi connectivity index (χ1n) is 10.0. The fraction of sp³-hybridized carbons (Fsp3) is 0.208. The summed E-state index contributed by atoms with van der Waals surface area (Å²) < 4.78 is 43.9. The van der Waals surface area contributed by atoms with Gasteiger partial charge in [0.25, 0.3) is 10.0 Å². The number of nitrogens with one attached hydrogen (secondary N) is 1. The Morgan fingerprint density at radius 3 is 2.15 bits per heavy atom. The van der Waals surface area contributed by atoms with Crippen molar-refractivity contribution in [3.8, 4) is 17.2 Å². The SMILES string of the molecule is COc1ccc(N(CC(=O)Nc2ccccc2C)S(=O)(=O)c2ccc(OC)c(OC)c2)cc1. The van der Waals surface area contributed by atoms with Crippen molar-refractivity contribution in [2.45, 2.75) is 11.8 Å². The fourth-order valence-electron chi connectivity index (χ4n) is 3.20.